The topological polar surface area (TPSA) is 33.7 Å². The Hall–Kier alpha value is -0.940. The molecular weight excluding hydrogens is 240 g/mol. The molecule has 0 radical (unpaired) electrons. The quantitative estimate of drug-likeness (QED) is 0.752. The summed E-state index contributed by atoms with van der Waals surface area (Å²) in [5.74, 6) is 0. The SMILES string of the molecule is COCc1ccc(CNCCN2CCOCC2)cc1. The van der Waals surface area contributed by atoms with Crippen LogP contribution in [0.2, 0.25) is 0 Å². The molecule has 1 N–H and O–H groups in total. The van der Waals surface area contributed by atoms with Gasteiger partial charge in [0, 0.05) is 39.8 Å². The monoisotopic (exact) mass is 264 g/mol. The molecule has 1 aliphatic heterocycles. The molecule has 0 unspecified atom stereocenters. The van der Waals surface area contributed by atoms with Crippen molar-refractivity contribution in [1.29, 1.82) is 0 Å². The minimum atomic E-state index is 0.685. The third-order valence-corrected chi connectivity index (χ3v) is 3.37. The highest BCUT2D eigenvalue weighted by Gasteiger charge is 2.08. The fraction of sp³-hybridized carbons (Fsp3) is 0.600. The van der Waals surface area contributed by atoms with Crippen molar-refractivity contribution in [2.45, 2.75) is 13.2 Å². The van der Waals surface area contributed by atoms with E-state index >= 15 is 0 Å². The first-order valence-corrected chi connectivity index (χ1v) is 6.96. The first-order chi connectivity index (χ1) is 9.38. The molecule has 0 saturated carbocycles. The molecule has 1 fully saturated rings. The Balaban J connectivity index is 1.62. The van der Waals surface area contributed by atoms with Crippen LogP contribution in [0.25, 0.3) is 0 Å². The largest absolute Gasteiger partial charge is 0.380 e. The van der Waals surface area contributed by atoms with Gasteiger partial charge in [0.2, 0.25) is 0 Å². The van der Waals surface area contributed by atoms with E-state index in [0.717, 1.165) is 45.9 Å². The molecule has 1 saturated heterocycles. The lowest BCUT2D eigenvalue weighted by atomic mass is 10.1. The van der Waals surface area contributed by atoms with Gasteiger partial charge >= 0.3 is 0 Å². The van der Waals surface area contributed by atoms with Gasteiger partial charge in [-0.15, -0.1) is 0 Å². The number of methoxy groups -OCH3 is 1. The van der Waals surface area contributed by atoms with Crippen molar-refractivity contribution in [2.75, 3.05) is 46.5 Å². The highest BCUT2D eigenvalue weighted by molar-refractivity contribution is 5.21. The van der Waals surface area contributed by atoms with Crippen molar-refractivity contribution in [3.8, 4) is 0 Å². The van der Waals surface area contributed by atoms with Crippen molar-refractivity contribution in [3.63, 3.8) is 0 Å². The standard InChI is InChI=1S/C15H24N2O2/c1-18-13-15-4-2-14(3-5-15)12-16-6-7-17-8-10-19-11-9-17/h2-5,16H,6-13H2,1H3. The highest BCUT2D eigenvalue weighted by atomic mass is 16.5. The van der Waals surface area contributed by atoms with E-state index in [2.05, 4.69) is 34.5 Å². The van der Waals surface area contributed by atoms with Crippen LogP contribution < -0.4 is 5.32 Å². The number of rotatable bonds is 7. The fourth-order valence-corrected chi connectivity index (χ4v) is 2.21. The van der Waals surface area contributed by atoms with Gasteiger partial charge in [-0.3, -0.25) is 4.90 Å². The average Bonchev–Trinajstić information content (AvgIpc) is 2.47. The van der Waals surface area contributed by atoms with Crippen molar-refractivity contribution in [3.05, 3.63) is 35.4 Å². The number of morpholine rings is 1. The van der Waals surface area contributed by atoms with Crippen LogP contribution >= 0.6 is 0 Å². The first kappa shape index (κ1) is 14.5. The number of hydrogen-bond acceptors (Lipinski definition) is 4. The van der Waals surface area contributed by atoms with Gasteiger partial charge in [0.15, 0.2) is 0 Å². The summed E-state index contributed by atoms with van der Waals surface area (Å²) in [6.07, 6.45) is 0. The lowest BCUT2D eigenvalue weighted by Crippen LogP contribution is -2.40. The minimum Gasteiger partial charge on any atom is -0.380 e. The summed E-state index contributed by atoms with van der Waals surface area (Å²) in [6, 6.07) is 8.58. The summed E-state index contributed by atoms with van der Waals surface area (Å²) in [5.41, 5.74) is 2.54. The maximum atomic E-state index is 5.33. The molecule has 0 aromatic heterocycles. The Labute approximate surface area is 115 Å². The molecule has 0 bridgehead atoms. The number of hydrogen-bond donors (Lipinski definition) is 1. The molecule has 2 rings (SSSR count). The Morgan fingerprint density at radius 3 is 2.53 bits per heavy atom. The van der Waals surface area contributed by atoms with Crippen LogP contribution in [0.5, 0.6) is 0 Å². The zero-order chi connectivity index (χ0) is 13.3. The molecule has 19 heavy (non-hydrogen) atoms. The second-order valence-electron chi connectivity index (χ2n) is 4.88. The minimum absolute atomic E-state index is 0.685. The number of nitrogens with zero attached hydrogens (tertiary/aromatic N) is 1. The van der Waals surface area contributed by atoms with Crippen LogP contribution in [0.1, 0.15) is 11.1 Å². The molecule has 1 heterocycles. The van der Waals surface area contributed by atoms with E-state index in [1.165, 1.54) is 11.1 Å². The van der Waals surface area contributed by atoms with Gasteiger partial charge in [0.25, 0.3) is 0 Å². The van der Waals surface area contributed by atoms with E-state index in [0.29, 0.717) is 6.61 Å². The van der Waals surface area contributed by atoms with Gasteiger partial charge in [0.1, 0.15) is 0 Å². The van der Waals surface area contributed by atoms with Crippen LogP contribution in [0.4, 0.5) is 0 Å². The summed E-state index contributed by atoms with van der Waals surface area (Å²) in [5, 5.41) is 3.49. The summed E-state index contributed by atoms with van der Waals surface area (Å²) in [4.78, 5) is 2.44. The van der Waals surface area contributed by atoms with E-state index in [4.69, 9.17) is 9.47 Å². The average molecular weight is 264 g/mol. The summed E-state index contributed by atoms with van der Waals surface area (Å²) < 4.78 is 10.4. The van der Waals surface area contributed by atoms with Crippen LogP contribution in [0, 0.1) is 0 Å². The van der Waals surface area contributed by atoms with Crippen molar-refractivity contribution < 1.29 is 9.47 Å². The third kappa shape index (κ3) is 5.28. The van der Waals surface area contributed by atoms with Gasteiger partial charge in [-0.05, 0) is 11.1 Å². The number of ether oxygens (including phenoxy) is 2. The smallest absolute Gasteiger partial charge is 0.0713 e. The van der Waals surface area contributed by atoms with Crippen molar-refractivity contribution in [1.82, 2.24) is 10.2 Å². The lowest BCUT2D eigenvalue weighted by molar-refractivity contribution is 0.0384. The Morgan fingerprint density at radius 2 is 1.84 bits per heavy atom. The summed E-state index contributed by atoms with van der Waals surface area (Å²) in [6.45, 7) is 7.62. The molecule has 4 nitrogen and oxygen atoms in total. The zero-order valence-electron chi connectivity index (χ0n) is 11.7. The van der Waals surface area contributed by atoms with E-state index in [-0.39, 0.29) is 0 Å². The molecule has 1 aromatic rings. The predicted molar refractivity (Wildman–Crippen MR) is 76.1 cm³/mol. The zero-order valence-corrected chi connectivity index (χ0v) is 11.7. The van der Waals surface area contributed by atoms with Crippen molar-refractivity contribution in [2.24, 2.45) is 0 Å². The number of benzene rings is 1. The van der Waals surface area contributed by atoms with Gasteiger partial charge in [-0.1, -0.05) is 24.3 Å². The molecule has 1 aliphatic rings. The lowest BCUT2D eigenvalue weighted by Gasteiger charge is -2.26. The Bertz CT molecular complexity index is 348. The van der Waals surface area contributed by atoms with Crippen LogP contribution in [-0.2, 0) is 22.6 Å². The second-order valence-corrected chi connectivity index (χ2v) is 4.88. The van der Waals surface area contributed by atoms with Crippen LogP contribution in [0.15, 0.2) is 24.3 Å². The number of nitrogens with one attached hydrogen (secondary N) is 1. The molecule has 4 heteroatoms. The predicted octanol–water partition coefficient (Wildman–Crippen LogP) is 1.25. The van der Waals surface area contributed by atoms with Gasteiger partial charge in [-0.2, -0.15) is 0 Å². The second kappa shape index (κ2) is 8.27. The maximum Gasteiger partial charge on any atom is 0.0713 e. The molecular formula is C15H24N2O2. The van der Waals surface area contributed by atoms with Crippen LogP contribution in [0.3, 0.4) is 0 Å². The van der Waals surface area contributed by atoms with Gasteiger partial charge in [0.05, 0.1) is 19.8 Å². The van der Waals surface area contributed by atoms with Crippen molar-refractivity contribution >= 4 is 0 Å². The van der Waals surface area contributed by atoms with Crippen LogP contribution in [-0.4, -0.2) is 51.4 Å². The van der Waals surface area contributed by atoms with Gasteiger partial charge < -0.3 is 14.8 Å². The molecule has 0 amide bonds. The normalized spacial score (nSPS) is 16.7. The third-order valence-electron chi connectivity index (χ3n) is 3.37. The van der Waals surface area contributed by atoms with E-state index < -0.39 is 0 Å². The maximum absolute atomic E-state index is 5.33. The Morgan fingerprint density at radius 1 is 1.16 bits per heavy atom. The Kier molecular flexibility index (Phi) is 6.30. The van der Waals surface area contributed by atoms with E-state index in [9.17, 15) is 0 Å². The van der Waals surface area contributed by atoms with E-state index in [1.807, 2.05) is 0 Å². The molecule has 0 aliphatic carbocycles. The molecule has 1 aromatic carbocycles. The molecule has 106 valence electrons. The van der Waals surface area contributed by atoms with E-state index in [1.54, 1.807) is 7.11 Å². The fourth-order valence-electron chi connectivity index (χ4n) is 2.21. The molecule has 0 atom stereocenters. The molecule has 0 spiro atoms. The highest BCUT2D eigenvalue weighted by Crippen LogP contribution is 2.05. The summed E-state index contributed by atoms with van der Waals surface area (Å²) >= 11 is 0. The first-order valence-electron chi connectivity index (χ1n) is 6.96. The van der Waals surface area contributed by atoms with Gasteiger partial charge in [-0.25, -0.2) is 0 Å². The summed E-state index contributed by atoms with van der Waals surface area (Å²) in [7, 11) is 1.72.